The van der Waals surface area contributed by atoms with E-state index in [0.717, 1.165) is 46.5 Å². The fourth-order valence-electron chi connectivity index (χ4n) is 16.6. The van der Waals surface area contributed by atoms with E-state index in [-0.39, 0.29) is 5.78 Å². The molecule has 3 rings (SSSR count). The summed E-state index contributed by atoms with van der Waals surface area (Å²) in [4.78, 5) is 11.9. The van der Waals surface area contributed by atoms with Crippen LogP contribution in [0.15, 0.2) is 72.3 Å². The van der Waals surface area contributed by atoms with E-state index in [1.165, 1.54) is 503 Å². The number of aryl methyl sites for hydroxylation is 2. The zero-order valence-electron chi connectivity index (χ0n) is 74.2. The van der Waals surface area contributed by atoms with Crippen molar-refractivity contribution in [3.8, 4) is 0 Å². The molecule has 2 aromatic carbocycles. The summed E-state index contributed by atoms with van der Waals surface area (Å²) in [6, 6.07) is 17.0. The van der Waals surface area contributed by atoms with Gasteiger partial charge >= 0.3 is 166 Å². The van der Waals surface area contributed by atoms with Crippen LogP contribution in [0.3, 0.4) is 0 Å². The molecule has 0 atom stereocenters. The molecule has 0 unspecified atom stereocenters. The monoisotopic (exact) mass is 1550 g/mol. The van der Waals surface area contributed by atoms with Gasteiger partial charge in [0.2, 0.25) is 11.4 Å². The third-order valence-corrected chi connectivity index (χ3v) is 25.4. The van der Waals surface area contributed by atoms with E-state index < -0.39 is 0 Å². The molecular weight excluding hydrogens is 1360 g/mol. The number of hydrogen-bond donors (Lipinski definition) is 0. The van der Waals surface area contributed by atoms with E-state index in [2.05, 4.69) is 96.8 Å². The molecule has 3 nitrogen and oxygen atoms in total. The Morgan fingerprint density at radius 1 is 0.330 bits per heavy atom. The van der Waals surface area contributed by atoms with Gasteiger partial charge in [0.25, 0.3) is 0 Å². The van der Waals surface area contributed by atoms with Gasteiger partial charge in [0, 0.05) is 23.6 Å². The molecule has 0 radical (unpaired) electrons. The first-order valence-corrected chi connectivity index (χ1v) is 51.1. The maximum absolute atomic E-state index is 11.9. The zero-order chi connectivity index (χ0) is 78.0. The van der Waals surface area contributed by atoms with Crippen molar-refractivity contribution in [3.05, 3.63) is 100 Å². The molecule has 2 aromatic rings. The van der Waals surface area contributed by atoms with Crippen LogP contribution in [0.25, 0.3) is 16.9 Å². The van der Waals surface area contributed by atoms with Crippen LogP contribution in [-0.4, -0.2) is 10.5 Å². The number of carbonyl (C=O) groups excluding carboxylic acids is 1. The summed E-state index contributed by atoms with van der Waals surface area (Å²) >= 11 is 2.05. The van der Waals surface area contributed by atoms with Crippen LogP contribution in [0.4, 0.5) is 0 Å². The summed E-state index contributed by atoms with van der Waals surface area (Å²) in [6.45, 7) is 10.8. The molecule has 0 saturated carbocycles. The first kappa shape index (κ1) is 102. The predicted octanol–water partition coefficient (Wildman–Crippen LogP) is 37.7. The van der Waals surface area contributed by atoms with Crippen molar-refractivity contribution in [1.29, 1.82) is 0 Å². The van der Waals surface area contributed by atoms with E-state index in [0.29, 0.717) is 12.8 Å². The minimum absolute atomic E-state index is 0.186. The standard InChI is InChI=1S/C53H82N2O.2C26H53.Ni/c1-4-6-8-10-12-13-14-15-16-17-18-19-20-21-22-23-24-25-26-27-28-30-32-39-50-45-52(51-41-34-33-38-48(51)43-42-46(3)56)55(54)53(50)49-40-35-37-47(44-49)36-31-29-11-9-7-5-2;2*1-3-5-7-9-11-13-15-17-19-21-23-25-26-24-22-20-18-16-14-12-10-8-6-4-2;/h32-35,37-41,44-45H,4-31,36,42-43H2,1-3H3;2*1,3-26H2,2H3;. The summed E-state index contributed by atoms with van der Waals surface area (Å²) in [5.41, 5.74) is 19.0. The number of allylic oxidation sites excluding steroid dienone is 4. The maximum atomic E-state index is 11.9. The Morgan fingerprint density at radius 2 is 0.615 bits per heavy atom. The fraction of sp³-hybridized carbons (Fsp3) is 0.819. The van der Waals surface area contributed by atoms with E-state index in [4.69, 9.17) is 0 Å². The van der Waals surface area contributed by atoms with Crippen LogP contribution in [0.2, 0.25) is 10.8 Å². The van der Waals surface area contributed by atoms with E-state index in [1.54, 1.807) is 6.92 Å². The van der Waals surface area contributed by atoms with Gasteiger partial charge in [-0.25, -0.2) is 4.70 Å². The van der Waals surface area contributed by atoms with Crippen LogP contribution in [0, 0.1) is 0 Å². The minimum atomic E-state index is 0.186. The van der Waals surface area contributed by atoms with Crippen LogP contribution < -0.4 is 0 Å². The first-order chi connectivity index (χ1) is 54.0. The second-order valence-corrected chi connectivity index (χ2v) is 36.2. The summed E-state index contributed by atoms with van der Waals surface area (Å²) in [5, 5.41) is 2.87. The molecule has 1 aliphatic rings. The molecule has 1 heterocycles. The quantitative estimate of drug-likeness (QED) is 0.0370. The number of benzene rings is 2. The molecule has 0 bridgehead atoms. The predicted molar refractivity (Wildman–Crippen MR) is 486 cm³/mol. The van der Waals surface area contributed by atoms with E-state index in [1.807, 2.05) is 12.1 Å². The molecular formula is C105H188N2NiO. The van der Waals surface area contributed by atoms with Crippen LogP contribution in [0.1, 0.15) is 551 Å². The molecule has 1 aliphatic heterocycles. The topological polar surface area (TPSA) is 42.4 Å². The molecule has 0 amide bonds. The second kappa shape index (κ2) is 83.4. The normalized spacial score (nSPS) is 12.4. The smallest absolute Gasteiger partial charge is 0.0654 e. The molecule has 0 aliphatic carbocycles. The SMILES string of the molecule is CCCCCCCCCCCCCCCCCCCCCCCC=CC1=C(c2cccc(CCCCCCCC)c2)[N+](=[N-])C(c2ccccc2CCC(C)=O)=C1.CCCCCCCCCCCCCCCCCCCCCCCCC[CH2][Ni][CH2]CCCCCCCCCCCCCCCCCCCCCCCCC. The van der Waals surface area contributed by atoms with Crippen molar-refractivity contribution in [2.45, 2.75) is 553 Å². The van der Waals surface area contributed by atoms with Gasteiger partial charge < -0.3 is 10.3 Å². The van der Waals surface area contributed by atoms with E-state index >= 15 is 0 Å². The molecule has 634 valence electrons. The number of rotatable bonds is 85. The van der Waals surface area contributed by atoms with Gasteiger partial charge in [0.1, 0.15) is 5.78 Å². The molecule has 0 spiro atoms. The Kier molecular flexibility index (Phi) is 78.4. The molecule has 0 aromatic heterocycles. The van der Waals surface area contributed by atoms with Gasteiger partial charge in [-0.2, -0.15) is 0 Å². The van der Waals surface area contributed by atoms with Gasteiger partial charge in [-0.05, 0) is 68.4 Å². The van der Waals surface area contributed by atoms with Gasteiger partial charge in [-0.1, -0.05) is 398 Å². The average molecular weight is 1550 g/mol. The van der Waals surface area contributed by atoms with Crippen molar-refractivity contribution in [1.82, 2.24) is 0 Å². The third-order valence-electron chi connectivity index (χ3n) is 24.0. The minimum Gasteiger partial charge on any atom is -0.0654 e. The number of hydrogen-bond acceptors (Lipinski definition) is 1. The van der Waals surface area contributed by atoms with Gasteiger partial charge in [0.05, 0.1) is 5.57 Å². The Hall–Kier alpha value is -2.58. The van der Waals surface area contributed by atoms with Crippen LogP contribution in [-0.2, 0) is 32.1 Å². The molecule has 4 heteroatoms. The zero-order valence-corrected chi connectivity index (χ0v) is 75.2. The summed E-state index contributed by atoms with van der Waals surface area (Å²) < 4.78 is 1.40. The van der Waals surface area contributed by atoms with Gasteiger partial charge in [0.15, 0.2) is 0 Å². The summed E-state index contributed by atoms with van der Waals surface area (Å²) in [7, 11) is 0. The number of nitrogens with zero attached hydrogens (tertiary/aromatic N) is 2. The Balaban J connectivity index is 0.000000742. The van der Waals surface area contributed by atoms with Crippen LogP contribution in [0.5, 0.6) is 0 Å². The number of unbranched alkanes of at least 4 members (excludes halogenated alkanes) is 72. The van der Waals surface area contributed by atoms with Crippen LogP contribution >= 0.6 is 0 Å². The fourth-order valence-corrected chi connectivity index (χ4v) is 17.9. The van der Waals surface area contributed by atoms with Gasteiger partial charge in [-0.15, -0.1) is 0 Å². The number of ketones is 1. The Bertz CT molecular complexity index is 2290. The van der Waals surface area contributed by atoms with Crippen molar-refractivity contribution < 1.29 is 23.9 Å². The first-order valence-electron chi connectivity index (χ1n) is 49.7. The number of carbonyl (C=O) groups is 1. The number of Topliss-reactive ketones (excluding diaryl/α,β-unsaturated/α-hetero) is 1. The Labute approximate surface area is 689 Å². The Morgan fingerprint density at radius 3 is 0.927 bits per heavy atom. The average Bonchev–Trinajstić information content (AvgIpc) is 1.63. The van der Waals surface area contributed by atoms with Crippen molar-refractivity contribution >= 4 is 17.2 Å². The third kappa shape index (κ3) is 66.3. The summed E-state index contributed by atoms with van der Waals surface area (Å²) in [5.74, 6) is 0.186. The molecule has 0 N–H and O–H groups in total. The van der Waals surface area contributed by atoms with Crippen molar-refractivity contribution in [2.75, 3.05) is 0 Å². The molecule has 0 fully saturated rings. The second-order valence-electron chi connectivity index (χ2n) is 34.7. The summed E-state index contributed by atoms with van der Waals surface area (Å²) in [6.07, 6.45) is 118. The van der Waals surface area contributed by atoms with Gasteiger partial charge in [-0.3, -0.25) is 0 Å². The van der Waals surface area contributed by atoms with Crippen molar-refractivity contribution in [2.24, 2.45) is 0 Å². The molecule has 0 saturated heterocycles. The molecule has 109 heavy (non-hydrogen) atoms. The van der Waals surface area contributed by atoms with Crippen molar-refractivity contribution in [3.63, 3.8) is 0 Å². The van der Waals surface area contributed by atoms with E-state index in [9.17, 15) is 10.3 Å².